The Morgan fingerprint density at radius 1 is 0.929 bits per heavy atom. The fourth-order valence-electron chi connectivity index (χ4n) is 3.77. The van der Waals surface area contributed by atoms with Crippen molar-refractivity contribution in [3.63, 3.8) is 0 Å². The average molecular weight is 383 g/mol. The molecule has 1 unspecified atom stereocenters. The van der Waals surface area contributed by atoms with Gasteiger partial charge in [-0.1, -0.05) is 24.3 Å². The van der Waals surface area contributed by atoms with Crippen LogP contribution >= 0.6 is 0 Å². The highest BCUT2D eigenvalue weighted by Gasteiger charge is 2.25. The fraction of sp³-hybridized carbons (Fsp3) is 0.478. The van der Waals surface area contributed by atoms with Crippen molar-refractivity contribution in [1.82, 2.24) is 9.80 Å². The summed E-state index contributed by atoms with van der Waals surface area (Å²) < 4.78 is 17.7. The van der Waals surface area contributed by atoms with E-state index in [1.54, 1.807) is 0 Å². The van der Waals surface area contributed by atoms with Gasteiger partial charge in [0.15, 0.2) is 11.5 Å². The standard InChI is InChI=1S/C23H30N2O3/c1-18(2)27-20-9-7-19(8-10-20)15-24-11-13-25(14-12-24)16-21-17-26-22-5-3-4-6-23(22)28-21/h3-10,18,21H,11-17H2,1-2H3. The lowest BCUT2D eigenvalue weighted by Crippen LogP contribution is -2.50. The van der Waals surface area contributed by atoms with Crippen LogP contribution in [0.25, 0.3) is 0 Å². The third kappa shape index (κ3) is 4.97. The summed E-state index contributed by atoms with van der Waals surface area (Å²) in [6.45, 7) is 10.9. The summed E-state index contributed by atoms with van der Waals surface area (Å²) in [6.07, 6.45) is 0.320. The highest BCUT2D eigenvalue weighted by Crippen LogP contribution is 2.31. The topological polar surface area (TPSA) is 34.2 Å². The minimum atomic E-state index is 0.106. The molecule has 1 atom stereocenters. The first-order chi connectivity index (χ1) is 13.7. The molecule has 0 saturated carbocycles. The van der Waals surface area contributed by atoms with Crippen LogP contribution in [0.4, 0.5) is 0 Å². The van der Waals surface area contributed by atoms with Crippen molar-refractivity contribution in [2.45, 2.75) is 32.6 Å². The molecule has 0 amide bonds. The Morgan fingerprint density at radius 2 is 1.61 bits per heavy atom. The van der Waals surface area contributed by atoms with E-state index in [0.717, 1.165) is 56.5 Å². The average Bonchev–Trinajstić information content (AvgIpc) is 2.70. The maximum Gasteiger partial charge on any atom is 0.161 e. The first-order valence-electron chi connectivity index (χ1n) is 10.2. The van der Waals surface area contributed by atoms with Crippen LogP contribution < -0.4 is 14.2 Å². The molecule has 0 spiro atoms. The van der Waals surface area contributed by atoms with E-state index in [1.807, 2.05) is 24.3 Å². The molecule has 150 valence electrons. The van der Waals surface area contributed by atoms with Crippen molar-refractivity contribution < 1.29 is 14.2 Å². The Balaban J connectivity index is 1.22. The summed E-state index contributed by atoms with van der Waals surface area (Å²) in [5.41, 5.74) is 1.34. The molecule has 0 aromatic heterocycles. The second kappa shape index (κ2) is 8.84. The minimum absolute atomic E-state index is 0.106. The zero-order chi connectivity index (χ0) is 19.3. The summed E-state index contributed by atoms with van der Waals surface area (Å²) in [6, 6.07) is 16.4. The number of hydrogen-bond acceptors (Lipinski definition) is 5. The van der Waals surface area contributed by atoms with Crippen molar-refractivity contribution in [3.05, 3.63) is 54.1 Å². The van der Waals surface area contributed by atoms with Gasteiger partial charge in [-0.2, -0.15) is 0 Å². The zero-order valence-corrected chi connectivity index (χ0v) is 16.8. The Morgan fingerprint density at radius 3 is 2.32 bits per heavy atom. The van der Waals surface area contributed by atoms with Crippen LogP contribution in [0.3, 0.4) is 0 Å². The predicted molar refractivity (Wildman–Crippen MR) is 110 cm³/mol. The van der Waals surface area contributed by atoms with Crippen molar-refractivity contribution in [1.29, 1.82) is 0 Å². The molecule has 2 heterocycles. The molecule has 1 fully saturated rings. The molecule has 5 nitrogen and oxygen atoms in total. The van der Waals surface area contributed by atoms with Gasteiger partial charge in [0.05, 0.1) is 6.10 Å². The van der Waals surface area contributed by atoms with Crippen LogP contribution in [0.15, 0.2) is 48.5 Å². The monoisotopic (exact) mass is 382 g/mol. The molecule has 0 radical (unpaired) electrons. The molecular weight excluding hydrogens is 352 g/mol. The van der Waals surface area contributed by atoms with E-state index in [0.29, 0.717) is 6.61 Å². The normalized spacial score (nSPS) is 20.3. The van der Waals surface area contributed by atoms with Gasteiger partial charge in [-0.3, -0.25) is 9.80 Å². The molecular formula is C23H30N2O3. The lowest BCUT2D eigenvalue weighted by Gasteiger charge is -2.37. The molecule has 0 aliphatic carbocycles. The number of para-hydroxylation sites is 2. The van der Waals surface area contributed by atoms with Crippen LogP contribution in [0.2, 0.25) is 0 Å². The van der Waals surface area contributed by atoms with Gasteiger partial charge in [0, 0.05) is 39.3 Å². The van der Waals surface area contributed by atoms with Crippen molar-refractivity contribution in [3.8, 4) is 17.2 Å². The van der Waals surface area contributed by atoms with Gasteiger partial charge < -0.3 is 14.2 Å². The summed E-state index contributed by atoms with van der Waals surface area (Å²) in [7, 11) is 0. The number of ether oxygens (including phenoxy) is 3. The van der Waals surface area contributed by atoms with E-state index in [9.17, 15) is 0 Å². The van der Waals surface area contributed by atoms with Gasteiger partial charge in [-0.25, -0.2) is 0 Å². The summed E-state index contributed by atoms with van der Waals surface area (Å²) in [4.78, 5) is 5.00. The second-order valence-corrected chi connectivity index (χ2v) is 7.88. The van der Waals surface area contributed by atoms with Crippen LogP contribution in [0.1, 0.15) is 19.4 Å². The van der Waals surface area contributed by atoms with E-state index in [2.05, 4.69) is 47.9 Å². The molecule has 4 rings (SSSR count). The van der Waals surface area contributed by atoms with Crippen molar-refractivity contribution in [2.75, 3.05) is 39.3 Å². The van der Waals surface area contributed by atoms with Gasteiger partial charge in [-0.05, 0) is 43.7 Å². The van der Waals surface area contributed by atoms with Crippen LogP contribution in [0.5, 0.6) is 17.2 Å². The summed E-state index contributed by atoms with van der Waals surface area (Å²) in [5.74, 6) is 2.66. The smallest absolute Gasteiger partial charge is 0.161 e. The third-order valence-electron chi connectivity index (χ3n) is 5.20. The maximum atomic E-state index is 6.10. The van der Waals surface area contributed by atoms with Gasteiger partial charge in [0.2, 0.25) is 0 Å². The van der Waals surface area contributed by atoms with Crippen LogP contribution in [-0.4, -0.2) is 61.3 Å². The Labute approximate surface area is 167 Å². The maximum absolute atomic E-state index is 6.10. The third-order valence-corrected chi connectivity index (χ3v) is 5.20. The lowest BCUT2D eigenvalue weighted by molar-refractivity contribution is 0.0391. The fourth-order valence-corrected chi connectivity index (χ4v) is 3.77. The summed E-state index contributed by atoms with van der Waals surface area (Å²) >= 11 is 0. The van der Waals surface area contributed by atoms with Gasteiger partial charge in [0.25, 0.3) is 0 Å². The molecule has 2 aromatic rings. The predicted octanol–water partition coefficient (Wildman–Crippen LogP) is 3.43. The highest BCUT2D eigenvalue weighted by atomic mass is 16.6. The Bertz CT molecular complexity index is 755. The largest absolute Gasteiger partial charge is 0.491 e. The first kappa shape index (κ1) is 19.1. The molecule has 2 aliphatic heterocycles. The first-order valence-corrected chi connectivity index (χ1v) is 10.2. The van der Waals surface area contributed by atoms with E-state index < -0.39 is 0 Å². The number of fused-ring (bicyclic) bond motifs is 1. The SMILES string of the molecule is CC(C)Oc1ccc(CN2CCN(CC3COc4ccccc4O3)CC2)cc1. The molecule has 2 aromatic carbocycles. The quantitative estimate of drug-likeness (QED) is 0.765. The van der Waals surface area contributed by atoms with Crippen LogP contribution in [0, 0.1) is 0 Å². The van der Waals surface area contributed by atoms with Crippen molar-refractivity contribution >= 4 is 0 Å². The number of piperazine rings is 1. The number of hydrogen-bond donors (Lipinski definition) is 0. The molecule has 0 N–H and O–H groups in total. The summed E-state index contributed by atoms with van der Waals surface area (Å²) in [5, 5.41) is 0. The number of rotatable bonds is 6. The zero-order valence-electron chi connectivity index (χ0n) is 16.8. The number of benzene rings is 2. The minimum Gasteiger partial charge on any atom is -0.491 e. The second-order valence-electron chi connectivity index (χ2n) is 7.88. The highest BCUT2D eigenvalue weighted by molar-refractivity contribution is 5.40. The molecule has 28 heavy (non-hydrogen) atoms. The van der Waals surface area contributed by atoms with Crippen molar-refractivity contribution in [2.24, 2.45) is 0 Å². The lowest BCUT2D eigenvalue weighted by atomic mass is 10.2. The molecule has 5 heteroatoms. The van der Waals surface area contributed by atoms with E-state index >= 15 is 0 Å². The van der Waals surface area contributed by atoms with E-state index in [-0.39, 0.29) is 12.2 Å². The van der Waals surface area contributed by atoms with E-state index in [4.69, 9.17) is 14.2 Å². The van der Waals surface area contributed by atoms with Gasteiger partial charge in [0.1, 0.15) is 18.5 Å². The van der Waals surface area contributed by atoms with Gasteiger partial charge in [-0.15, -0.1) is 0 Å². The Hall–Kier alpha value is -2.24. The van der Waals surface area contributed by atoms with E-state index in [1.165, 1.54) is 5.56 Å². The molecule has 1 saturated heterocycles. The Kier molecular flexibility index (Phi) is 6.03. The van der Waals surface area contributed by atoms with Crippen LogP contribution in [-0.2, 0) is 6.54 Å². The molecule has 0 bridgehead atoms. The number of nitrogens with zero attached hydrogens (tertiary/aromatic N) is 2. The molecule has 2 aliphatic rings. The van der Waals surface area contributed by atoms with Gasteiger partial charge >= 0.3 is 0 Å².